The van der Waals surface area contributed by atoms with E-state index >= 15 is 0 Å². The number of anilines is 1. The van der Waals surface area contributed by atoms with E-state index in [2.05, 4.69) is 41.6 Å². The van der Waals surface area contributed by atoms with Crippen LogP contribution in [0.15, 0.2) is 64.4 Å². The van der Waals surface area contributed by atoms with E-state index in [1.54, 1.807) is 6.07 Å². The molecule has 4 rings (SSSR count). The number of thiophene rings is 1. The molecule has 0 bridgehead atoms. The Hall–Kier alpha value is -3.03. The number of carbonyl (C=O) groups is 1. The summed E-state index contributed by atoms with van der Waals surface area (Å²) in [6, 6.07) is 17.2. The lowest BCUT2D eigenvalue weighted by Crippen LogP contribution is -2.33. The molecule has 0 radical (unpaired) electrons. The topological polar surface area (TPSA) is 67.2 Å². The molecular weight excluding hydrogens is 402 g/mol. The molecule has 0 aliphatic carbocycles. The zero-order chi connectivity index (χ0) is 20.4. The van der Waals surface area contributed by atoms with Crippen LogP contribution in [-0.2, 0) is 0 Å². The molecule has 2 aromatic heterocycles. The van der Waals surface area contributed by atoms with Crippen molar-refractivity contribution >= 4 is 51.4 Å². The summed E-state index contributed by atoms with van der Waals surface area (Å²) < 4.78 is 5.89. The molecule has 0 unspecified atom stereocenters. The molecule has 2 heterocycles. The van der Waals surface area contributed by atoms with E-state index in [-0.39, 0.29) is 11.0 Å². The largest absolute Gasteiger partial charge is 0.436 e. The number of hydrogen-bond acceptors (Lipinski definition) is 5. The van der Waals surface area contributed by atoms with Gasteiger partial charge in [-0.05, 0) is 71.5 Å². The zero-order valence-electron chi connectivity index (χ0n) is 15.9. The average molecular weight is 422 g/mol. The number of benzene rings is 2. The molecule has 5 nitrogen and oxygen atoms in total. The van der Waals surface area contributed by atoms with Crippen molar-refractivity contribution in [2.45, 2.75) is 19.8 Å². The van der Waals surface area contributed by atoms with Gasteiger partial charge in [0.15, 0.2) is 10.7 Å². The van der Waals surface area contributed by atoms with Gasteiger partial charge in [-0.25, -0.2) is 4.98 Å². The van der Waals surface area contributed by atoms with Gasteiger partial charge in [-0.3, -0.25) is 10.1 Å². The zero-order valence-corrected chi connectivity index (χ0v) is 17.6. The van der Waals surface area contributed by atoms with Crippen LogP contribution in [-0.4, -0.2) is 16.0 Å². The monoisotopic (exact) mass is 421 g/mol. The van der Waals surface area contributed by atoms with Crippen molar-refractivity contribution in [1.82, 2.24) is 10.3 Å². The number of nitrogens with one attached hydrogen (secondary N) is 2. The van der Waals surface area contributed by atoms with E-state index in [4.69, 9.17) is 16.6 Å². The molecule has 2 N–H and O–H groups in total. The molecule has 1 amide bonds. The Balaban J connectivity index is 1.45. The van der Waals surface area contributed by atoms with Gasteiger partial charge < -0.3 is 9.73 Å². The van der Waals surface area contributed by atoms with E-state index in [0.29, 0.717) is 16.7 Å². The van der Waals surface area contributed by atoms with Gasteiger partial charge >= 0.3 is 0 Å². The number of hydrogen-bond donors (Lipinski definition) is 2. The van der Waals surface area contributed by atoms with E-state index in [9.17, 15) is 4.79 Å². The van der Waals surface area contributed by atoms with Crippen LogP contribution in [0.3, 0.4) is 0 Å². The normalized spacial score (nSPS) is 11.0. The highest BCUT2D eigenvalue weighted by Crippen LogP contribution is 2.27. The molecule has 29 heavy (non-hydrogen) atoms. The van der Waals surface area contributed by atoms with Gasteiger partial charge in [0.1, 0.15) is 5.52 Å². The van der Waals surface area contributed by atoms with Gasteiger partial charge in [-0.15, -0.1) is 11.3 Å². The first kappa shape index (κ1) is 19.3. The Morgan fingerprint density at radius 1 is 1.14 bits per heavy atom. The minimum atomic E-state index is -0.221. The lowest BCUT2D eigenvalue weighted by Gasteiger charge is -2.09. The van der Waals surface area contributed by atoms with E-state index < -0.39 is 0 Å². The highest BCUT2D eigenvalue weighted by atomic mass is 32.1. The molecule has 0 atom stereocenters. The smallest absolute Gasteiger partial charge is 0.267 e. The van der Waals surface area contributed by atoms with Gasteiger partial charge in [0.25, 0.3) is 5.91 Å². The fourth-order valence-corrected chi connectivity index (χ4v) is 3.69. The summed E-state index contributed by atoms with van der Waals surface area (Å²) in [6.45, 7) is 4.31. The number of fused-ring (bicyclic) bond motifs is 1. The second kappa shape index (κ2) is 8.14. The third-order valence-electron chi connectivity index (χ3n) is 4.44. The maximum absolute atomic E-state index is 12.0. The van der Waals surface area contributed by atoms with Gasteiger partial charge in [-0.1, -0.05) is 26.0 Å². The number of nitrogens with zero attached hydrogens (tertiary/aromatic N) is 1. The molecule has 0 saturated heterocycles. The summed E-state index contributed by atoms with van der Waals surface area (Å²) in [5.74, 6) is 0.788. The summed E-state index contributed by atoms with van der Waals surface area (Å²) in [5.41, 5.74) is 4.49. The highest BCUT2D eigenvalue weighted by molar-refractivity contribution is 7.80. The predicted octanol–water partition coefficient (Wildman–Crippen LogP) is 5.81. The molecule has 0 aliphatic heterocycles. The number of amides is 1. The van der Waals surface area contributed by atoms with Crippen LogP contribution in [0.25, 0.3) is 22.6 Å². The van der Waals surface area contributed by atoms with Crippen LogP contribution in [0.4, 0.5) is 5.69 Å². The van der Waals surface area contributed by atoms with Crippen molar-refractivity contribution < 1.29 is 9.21 Å². The number of carbonyl (C=O) groups excluding carboxylic acids is 1. The lowest BCUT2D eigenvalue weighted by molar-refractivity contribution is 0.0981. The second-order valence-corrected chi connectivity index (χ2v) is 8.22. The fourth-order valence-electron chi connectivity index (χ4n) is 2.86. The second-order valence-electron chi connectivity index (χ2n) is 6.86. The lowest BCUT2D eigenvalue weighted by atomic mass is 10.0. The Morgan fingerprint density at radius 3 is 2.62 bits per heavy atom. The molecular formula is C22H19N3O2S2. The van der Waals surface area contributed by atoms with Crippen molar-refractivity contribution in [3.8, 4) is 11.5 Å². The minimum Gasteiger partial charge on any atom is -0.436 e. The Bertz CT molecular complexity index is 1160. The minimum absolute atomic E-state index is 0.221. The summed E-state index contributed by atoms with van der Waals surface area (Å²) in [4.78, 5) is 17.3. The fraction of sp³-hybridized carbons (Fsp3) is 0.136. The molecule has 2 aromatic carbocycles. The van der Waals surface area contributed by atoms with Crippen LogP contribution < -0.4 is 10.6 Å². The molecule has 0 fully saturated rings. The Labute approximate surface area is 177 Å². The number of oxazole rings is 1. The Kier molecular flexibility index (Phi) is 5.42. The first-order valence-electron chi connectivity index (χ1n) is 9.16. The van der Waals surface area contributed by atoms with Gasteiger partial charge in [-0.2, -0.15) is 0 Å². The first-order chi connectivity index (χ1) is 14.0. The molecule has 0 saturated carbocycles. The van der Waals surface area contributed by atoms with Crippen LogP contribution >= 0.6 is 23.6 Å². The molecule has 146 valence electrons. The van der Waals surface area contributed by atoms with Crippen LogP contribution in [0.5, 0.6) is 0 Å². The summed E-state index contributed by atoms with van der Waals surface area (Å²) in [5, 5.41) is 7.78. The number of rotatable bonds is 4. The van der Waals surface area contributed by atoms with E-state index in [1.807, 2.05) is 41.8 Å². The van der Waals surface area contributed by atoms with Gasteiger partial charge in [0.05, 0.1) is 4.88 Å². The molecule has 4 aromatic rings. The maximum Gasteiger partial charge on any atom is 0.267 e. The molecule has 7 heteroatoms. The summed E-state index contributed by atoms with van der Waals surface area (Å²) in [7, 11) is 0. The third kappa shape index (κ3) is 4.36. The van der Waals surface area contributed by atoms with E-state index in [1.165, 1.54) is 16.9 Å². The van der Waals surface area contributed by atoms with Crippen molar-refractivity contribution in [2.75, 3.05) is 5.32 Å². The van der Waals surface area contributed by atoms with Crippen molar-refractivity contribution in [3.63, 3.8) is 0 Å². The van der Waals surface area contributed by atoms with Crippen LogP contribution in [0.1, 0.15) is 35.0 Å². The maximum atomic E-state index is 12.0. The Morgan fingerprint density at radius 2 is 1.93 bits per heavy atom. The van der Waals surface area contributed by atoms with Crippen LogP contribution in [0.2, 0.25) is 0 Å². The van der Waals surface area contributed by atoms with Crippen molar-refractivity contribution in [3.05, 3.63) is 70.4 Å². The SMILES string of the molecule is CC(C)c1ccc2oc(-c3ccc(NC(=S)NC(=O)c4cccs4)cc3)nc2c1. The highest BCUT2D eigenvalue weighted by Gasteiger charge is 2.11. The number of thiocarbonyl (C=S) groups is 1. The third-order valence-corrected chi connectivity index (χ3v) is 5.51. The summed E-state index contributed by atoms with van der Waals surface area (Å²) >= 11 is 6.59. The standard InChI is InChI=1S/C22H19N3O2S2/c1-13(2)15-7-10-18-17(12-15)24-21(27-18)14-5-8-16(9-6-14)23-22(28)25-20(26)19-4-3-11-29-19/h3-13H,1-2H3,(H2,23,25,26,28). The first-order valence-corrected chi connectivity index (χ1v) is 10.4. The quantitative estimate of drug-likeness (QED) is 0.407. The van der Waals surface area contributed by atoms with E-state index in [0.717, 1.165) is 22.4 Å². The van der Waals surface area contributed by atoms with Crippen molar-refractivity contribution in [2.24, 2.45) is 0 Å². The molecule has 0 aliphatic rings. The van der Waals surface area contributed by atoms with Crippen LogP contribution in [0, 0.1) is 0 Å². The van der Waals surface area contributed by atoms with Gasteiger partial charge in [0, 0.05) is 11.3 Å². The summed E-state index contributed by atoms with van der Waals surface area (Å²) in [6.07, 6.45) is 0. The molecule has 0 spiro atoms. The van der Waals surface area contributed by atoms with Crippen molar-refractivity contribution in [1.29, 1.82) is 0 Å². The average Bonchev–Trinajstić information content (AvgIpc) is 3.37. The van der Waals surface area contributed by atoms with Gasteiger partial charge in [0.2, 0.25) is 5.89 Å². The predicted molar refractivity (Wildman–Crippen MR) is 122 cm³/mol. The number of aromatic nitrogens is 1.